The van der Waals surface area contributed by atoms with Crippen LogP contribution in [0.5, 0.6) is 0 Å². The Labute approximate surface area is 149 Å². The van der Waals surface area contributed by atoms with Crippen molar-refractivity contribution in [2.24, 2.45) is 0 Å². The maximum Gasteiger partial charge on any atom is 0.227 e. The molecule has 1 heterocycles. The first-order valence-corrected chi connectivity index (χ1v) is 9.35. The fourth-order valence-corrected chi connectivity index (χ4v) is 3.98. The molecule has 1 saturated heterocycles. The highest BCUT2D eigenvalue weighted by Crippen LogP contribution is 2.33. The third kappa shape index (κ3) is 4.82. The standard InChI is InChI=1S/C20H28N2O3/c1-16(23)21-18-8-6-7-17(13-18)14-19(24)22-11-12-25-20(15-22)9-4-2-3-5-10-20/h6-8,13H,2-5,9-12,14-15H2,1H3,(H,21,23). The van der Waals surface area contributed by atoms with Crippen LogP contribution in [0.1, 0.15) is 51.0 Å². The number of hydrogen-bond donors (Lipinski definition) is 1. The molecular weight excluding hydrogens is 316 g/mol. The summed E-state index contributed by atoms with van der Waals surface area (Å²) >= 11 is 0. The molecule has 0 bridgehead atoms. The highest BCUT2D eigenvalue weighted by molar-refractivity contribution is 5.89. The Morgan fingerprint density at radius 3 is 2.68 bits per heavy atom. The van der Waals surface area contributed by atoms with E-state index in [9.17, 15) is 9.59 Å². The lowest BCUT2D eigenvalue weighted by molar-refractivity contribution is -0.152. The van der Waals surface area contributed by atoms with Crippen LogP contribution in [0.15, 0.2) is 24.3 Å². The Hall–Kier alpha value is -1.88. The van der Waals surface area contributed by atoms with E-state index in [2.05, 4.69) is 5.32 Å². The molecule has 5 heteroatoms. The summed E-state index contributed by atoms with van der Waals surface area (Å²) in [4.78, 5) is 26.0. The highest BCUT2D eigenvalue weighted by atomic mass is 16.5. The molecule has 136 valence electrons. The molecule has 1 N–H and O–H groups in total. The van der Waals surface area contributed by atoms with Crippen LogP contribution in [-0.4, -0.2) is 42.0 Å². The molecule has 1 aromatic rings. The van der Waals surface area contributed by atoms with E-state index in [-0.39, 0.29) is 17.4 Å². The molecule has 3 rings (SSSR count). The van der Waals surface area contributed by atoms with Crippen LogP contribution in [0.4, 0.5) is 5.69 Å². The summed E-state index contributed by atoms with van der Waals surface area (Å²) in [5.41, 5.74) is 1.54. The molecule has 2 amide bonds. The van der Waals surface area contributed by atoms with E-state index < -0.39 is 0 Å². The van der Waals surface area contributed by atoms with Crippen molar-refractivity contribution in [3.05, 3.63) is 29.8 Å². The molecule has 1 aromatic carbocycles. The van der Waals surface area contributed by atoms with Crippen LogP contribution in [0.25, 0.3) is 0 Å². The molecule has 1 saturated carbocycles. The van der Waals surface area contributed by atoms with Gasteiger partial charge < -0.3 is 15.0 Å². The normalized spacial score (nSPS) is 20.1. The van der Waals surface area contributed by atoms with Crippen LogP contribution in [0, 0.1) is 0 Å². The summed E-state index contributed by atoms with van der Waals surface area (Å²) in [5.74, 6) is 0.0406. The van der Waals surface area contributed by atoms with Crippen LogP contribution >= 0.6 is 0 Å². The van der Waals surface area contributed by atoms with Gasteiger partial charge in [0.15, 0.2) is 0 Å². The Kier molecular flexibility index (Phi) is 5.74. The predicted molar refractivity (Wildman–Crippen MR) is 97.4 cm³/mol. The van der Waals surface area contributed by atoms with E-state index in [4.69, 9.17) is 4.74 Å². The summed E-state index contributed by atoms with van der Waals surface area (Å²) in [6.07, 6.45) is 7.43. The first-order chi connectivity index (χ1) is 12.1. The summed E-state index contributed by atoms with van der Waals surface area (Å²) in [5, 5.41) is 2.77. The summed E-state index contributed by atoms with van der Waals surface area (Å²) in [6, 6.07) is 7.52. The zero-order valence-corrected chi connectivity index (χ0v) is 15.1. The van der Waals surface area contributed by atoms with E-state index in [1.807, 2.05) is 29.2 Å². The second kappa shape index (κ2) is 8.00. The van der Waals surface area contributed by atoms with Gasteiger partial charge in [0.2, 0.25) is 11.8 Å². The van der Waals surface area contributed by atoms with Gasteiger partial charge in [0.1, 0.15) is 0 Å². The fraction of sp³-hybridized carbons (Fsp3) is 0.600. The van der Waals surface area contributed by atoms with Crippen LogP contribution in [-0.2, 0) is 20.7 Å². The van der Waals surface area contributed by atoms with Gasteiger partial charge in [-0.1, -0.05) is 37.8 Å². The van der Waals surface area contributed by atoms with E-state index >= 15 is 0 Å². The minimum atomic E-state index is -0.123. The zero-order chi connectivity index (χ0) is 17.7. The topological polar surface area (TPSA) is 58.6 Å². The Morgan fingerprint density at radius 1 is 1.20 bits per heavy atom. The van der Waals surface area contributed by atoms with E-state index in [1.54, 1.807) is 0 Å². The Balaban J connectivity index is 1.63. The number of nitrogens with one attached hydrogen (secondary N) is 1. The van der Waals surface area contributed by atoms with Gasteiger partial charge in [-0.25, -0.2) is 0 Å². The maximum atomic E-state index is 12.8. The molecule has 5 nitrogen and oxygen atoms in total. The van der Waals surface area contributed by atoms with Crippen LogP contribution in [0.3, 0.4) is 0 Å². The maximum absolute atomic E-state index is 12.8. The quantitative estimate of drug-likeness (QED) is 0.916. The molecule has 1 spiro atoms. The Morgan fingerprint density at radius 2 is 1.96 bits per heavy atom. The second-order valence-electron chi connectivity index (χ2n) is 7.32. The van der Waals surface area contributed by atoms with Crippen molar-refractivity contribution >= 4 is 17.5 Å². The number of benzene rings is 1. The number of hydrogen-bond acceptors (Lipinski definition) is 3. The van der Waals surface area contributed by atoms with E-state index in [0.29, 0.717) is 19.6 Å². The molecule has 2 aliphatic rings. The Bertz CT molecular complexity index is 621. The van der Waals surface area contributed by atoms with Crippen molar-refractivity contribution in [3.63, 3.8) is 0 Å². The van der Waals surface area contributed by atoms with Gasteiger partial charge in [-0.15, -0.1) is 0 Å². The van der Waals surface area contributed by atoms with Gasteiger partial charge in [0.05, 0.1) is 18.6 Å². The summed E-state index contributed by atoms with van der Waals surface area (Å²) in [7, 11) is 0. The van der Waals surface area contributed by atoms with Crippen molar-refractivity contribution in [2.75, 3.05) is 25.0 Å². The van der Waals surface area contributed by atoms with Crippen molar-refractivity contribution in [3.8, 4) is 0 Å². The predicted octanol–water partition coefficient (Wildman–Crippen LogP) is 3.14. The minimum Gasteiger partial charge on any atom is -0.371 e. The molecule has 0 unspecified atom stereocenters. The first kappa shape index (κ1) is 17.9. The SMILES string of the molecule is CC(=O)Nc1cccc(CC(=O)N2CCOC3(CCCCCC3)C2)c1. The highest BCUT2D eigenvalue weighted by Gasteiger charge is 2.38. The lowest BCUT2D eigenvalue weighted by Crippen LogP contribution is -2.53. The van der Waals surface area contributed by atoms with E-state index in [0.717, 1.165) is 30.6 Å². The van der Waals surface area contributed by atoms with Gasteiger partial charge in [0.25, 0.3) is 0 Å². The number of ether oxygens (including phenoxy) is 1. The van der Waals surface area contributed by atoms with Crippen LogP contribution in [0.2, 0.25) is 0 Å². The largest absolute Gasteiger partial charge is 0.371 e. The van der Waals surface area contributed by atoms with E-state index in [1.165, 1.54) is 32.6 Å². The molecule has 25 heavy (non-hydrogen) atoms. The number of rotatable bonds is 3. The fourth-order valence-electron chi connectivity index (χ4n) is 3.98. The third-order valence-electron chi connectivity index (χ3n) is 5.22. The summed E-state index contributed by atoms with van der Waals surface area (Å²) in [6.45, 7) is 3.51. The number of carbonyl (C=O) groups is 2. The lowest BCUT2D eigenvalue weighted by Gasteiger charge is -2.42. The van der Waals surface area contributed by atoms with Gasteiger partial charge in [-0.3, -0.25) is 9.59 Å². The average Bonchev–Trinajstić information content (AvgIpc) is 2.80. The monoisotopic (exact) mass is 344 g/mol. The number of amides is 2. The smallest absolute Gasteiger partial charge is 0.227 e. The minimum absolute atomic E-state index is 0.105. The summed E-state index contributed by atoms with van der Waals surface area (Å²) < 4.78 is 6.14. The zero-order valence-electron chi connectivity index (χ0n) is 15.1. The number of carbonyl (C=O) groups excluding carboxylic acids is 2. The van der Waals surface area contributed by atoms with Gasteiger partial charge in [0, 0.05) is 25.7 Å². The van der Waals surface area contributed by atoms with Gasteiger partial charge in [-0.2, -0.15) is 0 Å². The van der Waals surface area contributed by atoms with Crippen LogP contribution < -0.4 is 5.32 Å². The van der Waals surface area contributed by atoms with Crippen molar-refractivity contribution in [1.29, 1.82) is 0 Å². The van der Waals surface area contributed by atoms with Gasteiger partial charge >= 0.3 is 0 Å². The number of morpholine rings is 1. The molecule has 2 fully saturated rings. The van der Waals surface area contributed by atoms with Crippen molar-refractivity contribution in [1.82, 2.24) is 4.90 Å². The molecule has 0 atom stereocenters. The lowest BCUT2D eigenvalue weighted by atomic mass is 9.92. The molecule has 1 aliphatic heterocycles. The third-order valence-corrected chi connectivity index (χ3v) is 5.22. The molecular formula is C20H28N2O3. The first-order valence-electron chi connectivity index (χ1n) is 9.35. The average molecular weight is 344 g/mol. The number of anilines is 1. The second-order valence-corrected chi connectivity index (χ2v) is 7.32. The van der Waals surface area contributed by atoms with Crippen molar-refractivity contribution in [2.45, 2.75) is 57.5 Å². The molecule has 0 aromatic heterocycles. The van der Waals surface area contributed by atoms with Crippen molar-refractivity contribution < 1.29 is 14.3 Å². The number of nitrogens with zero attached hydrogens (tertiary/aromatic N) is 1. The molecule has 1 aliphatic carbocycles. The van der Waals surface area contributed by atoms with Gasteiger partial charge in [-0.05, 0) is 30.5 Å². The molecule has 0 radical (unpaired) electrons.